The van der Waals surface area contributed by atoms with Gasteiger partial charge in [0.15, 0.2) is 5.78 Å². The number of carbonyl (C=O) groups is 1. The molecule has 1 heterocycles. The lowest BCUT2D eigenvalue weighted by Crippen LogP contribution is -2.29. The van der Waals surface area contributed by atoms with Crippen molar-refractivity contribution < 1.29 is 9.53 Å². The van der Waals surface area contributed by atoms with Crippen molar-refractivity contribution in [1.29, 1.82) is 0 Å². The van der Waals surface area contributed by atoms with Gasteiger partial charge < -0.3 is 10.5 Å². The van der Waals surface area contributed by atoms with E-state index in [2.05, 4.69) is 4.90 Å². The Morgan fingerprint density at radius 2 is 2.28 bits per heavy atom. The van der Waals surface area contributed by atoms with Crippen LogP contribution in [-0.4, -0.2) is 44.0 Å². The normalized spacial score (nSPS) is 20.0. The highest BCUT2D eigenvalue weighted by Crippen LogP contribution is 2.20. The van der Waals surface area contributed by atoms with Crippen LogP contribution in [0, 0.1) is 5.92 Å². The third-order valence-corrected chi connectivity index (χ3v) is 3.48. The third-order valence-electron chi connectivity index (χ3n) is 3.48. The van der Waals surface area contributed by atoms with E-state index in [4.69, 9.17) is 10.5 Å². The van der Waals surface area contributed by atoms with Crippen molar-refractivity contribution in [2.75, 3.05) is 33.3 Å². The van der Waals surface area contributed by atoms with Gasteiger partial charge in [-0.05, 0) is 37.6 Å². The molecule has 0 aromatic heterocycles. The van der Waals surface area contributed by atoms with Gasteiger partial charge in [0.05, 0.1) is 19.2 Å². The van der Waals surface area contributed by atoms with Gasteiger partial charge in [-0.15, -0.1) is 0 Å². The lowest BCUT2D eigenvalue weighted by Gasteiger charge is -2.15. The molecule has 0 spiro atoms. The van der Waals surface area contributed by atoms with Gasteiger partial charge >= 0.3 is 0 Å². The fourth-order valence-electron chi connectivity index (χ4n) is 2.41. The van der Waals surface area contributed by atoms with Crippen molar-refractivity contribution in [3.05, 3.63) is 29.8 Å². The van der Waals surface area contributed by atoms with Gasteiger partial charge in [0.1, 0.15) is 5.75 Å². The molecular formula is C14H20N2O2. The number of hydrogen-bond donors (Lipinski definition) is 1. The van der Waals surface area contributed by atoms with E-state index in [1.807, 2.05) is 24.3 Å². The first kappa shape index (κ1) is 13.1. The van der Waals surface area contributed by atoms with Crippen LogP contribution < -0.4 is 10.5 Å². The molecule has 0 radical (unpaired) electrons. The van der Waals surface area contributed by atoms with Crippen LogP contribution in [0.15, 0.2) is 24.3 Å². The molecule has 98 valence electrons. The van der Waals surface area contributed by atoms with Gasteiger partial charge in [-0.25, -0.2) is 0 Å². The molecule has 18 heavy (non-hydrogen) atoms. The molecular weight excluding hydrogens is 228 g/mol. The minimum Gasteiger partial charge on any atom is -0.496 e. The standard InChI is InChI=1S/C14H20N2O2/c1-18-14-5-3-2-4-12(14)13(17)10-16-7-6-11(8-15)9-16/h2-5,11H,6-10,15H2,1H3. The van der Waals surface area contributed by atoms with Crippen molar-refractivity contribution in [3.63, 3.8) is 0 Å². The number of benzene rings is 1. The van der Waals surface area contributed by atoms with E-state index >= 15 is 0 Å². The number of ether oxygens (including phenoxy) is 1. The minimum atomic E-state index is 0.116. The van der Waals surface area contributed by atoms with Crippen LogP contribution in [0.25, 0.3) is 0 Å². The number of para-hydroxylation sites is 1. The maximum atomic E-state index is 12.2. The van der Waals surface area contributed by atoms with E-state index < -0.39 is 0 Å². The molecule has 1 aromatic carbocycles. The number of Topliss-reactive ketones (excluding diaryl/α,β-unsaturated/α-hetero) is 1. The number of carbonyl (C=O) groups excluding carboxylic acids is 1. The van der Waals surface area contributed by atoms with Crippen molar-refractivity contribution in [1.82, 2.24) is 4.90 Å². The zero-order valence-electron chi connectivity index (χ0n) is 10.8. The summed E-state index contributed by atoms with van der Waals surface area (Å²) < 4.78 is 5.21. The SMILES string of the molecule is COc1ccccc1C(=O)CN1CCC(CN)C1. The first-order valence-corrected chi connectivity index (χ1v) is 6.33. The van der Waals surface area contributed by atoms with E-state index in [0.29, 0.717) is 30.3 Å². The Labute approximate surface area is 108 Å². The van der Waals surface area contributed by atoms with Crippen LogP contribution in [0.1, 0.15) is 16.8 Å². The predicted octanol–water partition coefficient (Wildman–Crippen LogP) is 1.16. The summed E-state index contributed by atoms with van der Waals surface area (Å²) in [6.07, 6.45) is 1.09. The number of hydrogen-bond acceptors (Lipinski definition) is 4. The van der Waals surface area contributed by atoms with Gasteiger partial charge in [-0.1, -0.05) is 12.1 Å². The van der Waals surface area contributed by atoms with Gasteiger partial charge in [-0.3, -0.25) is 9.69 Å². The van der Waals surface area contributed by atoms with Gasteiger partial charge in [-0.2, -0.15) is 0 Å². The van der Waals surface area contributed by atoms with E-state index in [9.17, 15) is 4.79 Å². The summed E-state index contributed by atoms with van der Waals surface area (Å²) in [6, 6.07) is 7.37. The number of likely N-dealkylation sites (tertiary alicyclic amines) is 1. The Kier molecular flexibility index (Phi) is 4.33. The Bertz CT molecular complexity index is 420. The number of nitrogens with zero attached hydrogens (tertiary/aromatic N) is 1. The molecule has 1 aliphatic heterocycles. The molecule has 0 saturated carbocycles. The number of rotatable bonds is 5. The average Bonchev–Trinajstić information content (AvgIpc) is 2.86. The second-order valence-electron chi connectivity index (χ2n) is 4.75. The summed E-state index contributed by atoms with van der Waals surface area (Å²) in [6.45, 7) is 3.05. The molecule has 0 bridgehead atoms. The van der Waals surface area contributed by atoms with Crippen LogP contribution >= 0.6 is 0 Å². The highest BCUT2D eigenvalue weighted by atomic mass is 16.5. The molecule has 1 unspecified atom stereocenters. The zero-order chi connectivity index (χ0) is 13.0. The minimum absolute atomic E-state index is 0.116. The molecule has 4 heteroatoms. The van der Waals surface area contributed by atoms with Crippen molar-refractivity contribution in [2.24, 2.45) is 11.7 Å². The number of ketones is 1. The predicted molar refractivity (Wildman–Crippen MR) is 70.9 cm³/mol. The molecule has 4 nitrogen and oxygen atoms in total. The Morgan fingerprint density at radius 1 is 1.50 bits per heavy atom. The molecule has 2 rings (SSSR count). The van der Waals surface area contributed by atoms with Crippen molar-refractivity contribution in [3.8, 4) is 5.75 Å². The molecule has 0 amide bonds. The van der Waals surface area contributed by atoms with Crippen LogP contribution in [0.2, 0.25) is 0 Å². The Balaban J connectivity index is 2.00. The molecule has 1 fully saturated rings. The fraction of sp³-hybridized carbons (Fsp3) is 0.500. The second kappa shape index (κ2) is 5.98. The molecule has 1 aromatic rings. The topological polar surface area (TPSA) is 55.6 Å². The summed E-state index contributed by atoms with van der Waals surface area (Å²) in [5.74, 6) is 1.30. The van der Waals surface area contributed by atoms with Crippen molar-refractivity contribution >= 4 is 5.78 Å². The fourth-order valence-corrected chi connectivity index (χ4v) is 2.41. The monoisotopic (exact) mass is 248 g/mol. The van der Waals surface area contributed by atoms with Gasteiger partial charge in [0.2, 0.25) is 0 Å². The van der Waals surface area contributed by atoms with E-state index in [1.165, 1.54) is 0 Å². The maximum Gasteiger partial charge on any atom is 0.180 e. The summed E-state index contributed by atoms with van der Waals surface area (Å²) in [5, 5.41) is 0. The summed E-state index contributed by atoms with van der Waals surface area (Å²) in [4.78, 5) is 14.4. The Hall–Kier alpha value is -1.39. The lowest BCUT2D eigenvalue weighted by molar-refractivity contribution is 0.0940. The smallest absolute Gasteiger partial charge is 0.180 e. The van der Waals surface area contributed by atoms with Crippen LogP contribution in [0.5, 0.6) is 5.75 Å². The third kappa shape index (κ3) is 2.89. The van der Waals surface area contributed by atoms with Gasteiger partial charge in [0, 0.05) is 6.54 Å². The van der Waals surface area contributed by atoms with Crippen molar-refractivity contribution in [2.45, 2.75) is 6.42 Å². The molecule has 0 aliphatic carbocycles. The quantitative estimate of drug-likeness (QED) is 0.794. The highest BCUT2D eigenvalue weighted by Gasteiger charge is 2.24. The molecule has 1 atom stereocenters. The van der Waals surface area contributed by atoms with E-state index in [1.54, 1.807) is 7.11 Å². The van der Waals surface area contributed by atoms with E-state index in [0.717, 1.165) is 19.5 Å². The number of methoxy groups -OCH3 is 1. The van der Waals surface area contributed by atoms with Crippen LogP contribution in [0.4, 0.5) is 0 Å². The number of nitrogens with two attached hydrogens (primary N) is 1. The summed E-state index contributed by atoms with van der Waals surface area (Å²) in [5.41, 5.74) is 6.32. The summed E-state index contributed by atoms with van der Waals surface area (Å²) in [7, 11) is 1.59. The second-order valence-corrected chi connectivity index (χ2v) is 4.75. The maximum absolute atomic E-state index is 12.2. The van der Waals surface area contributed by atoms with Gasteiger partial charge in [0.25, 0.3) is 0 Å². The van der Waals surface area contributed by atoms with E-state index in [-0.39, 0.29) is 5.78 Å². The highest BCUT2D eigenvalue weighted by molar-refractivity contribution is 6.00. The van der Waals surface area contributed by atoms with Crippen LogP contribution in [0.3, 0.4) is 0 Å². The van der Waals surface area contributed by atoms with Crippen LogP contribution in [-0.2, 0) is 0 Å². The molecule has 2 N–H and O–H groups in total. The average molecular weight is 248 g/mol. The first-order valence-electron chi connectivity index (χ1n) is 6.33. The summed E-state index contributed by atoms with van der Waals surface area (Å²) >= 11 is 0. The lowest BCUT2D eigenvalue weighted by atomic mass is 10.1. The molecule has 1 aliphatic rings. The zero-order valence-corrected chi connectivity index (χ0v) is 10.8. The first-order chi connectivity index (χ1) is 8.74. The molecule has 1 saturated heterocycles. The Morgan fingerprint density at radius 3 is 2.94 bits per heavy atom. The largest absolute Gasteiger partial charge is 0.496 e.